The van der Waals surface area contributed by atoms with Crippen molar-refractivity contribution < 1.29 is 0 Å². The van der Waals surface area contributed by atoms with Crippen LogP contribution in [0.25, 0.3) is 31.3 Å². The first-order chi connectivity index (χ1) is 38.9. The van der Waals surface area contributed by atoms with Gasteiger partial charge in [0, 0.05) is 65.3 Å². The van der Waals surface area contributed by atoms with Crippen molar-refractivity contribution in [1.82, 2.24) is 0 Å². The van der Waals surface area contributed by atoms with Gasteiger partial charge in [0.2, 0.25) is 0 Å². The minimum absolute atomic E-state index is 0.00352. The Hall–Kier alpha value is -6.56. The first-order valence-corrected chi connectivity index (χ1v) is 31.9. The molecule has 0 spiro atoms. The third-order valence-corrected chi connectivity index (χ3v) is 23.4. The second kappa shape index (κ2) is 17.3. The van der Waals surface area contributed by atoms with Crippen LogP contribution in [0.15, 0.2) is 146 Å². The Morgan fingerprint density at radius 2 is 1.12 bits per heavy atom. The maximum absolute atomic E-state index is 2.92. The van der Waals surface area contributed by atoms with Crippen LogP contribution >= 0.6 is 11.3 Å². The zero-order chi connectivity index (χ0) is 57.0. The predicted octanol–water partition coefficient (Wildman–Crippen LogP) is 19.9. The van der Waals surface area contributed by atoms with Crippen LogP contribution in [0.5, 0.6) is 0 Å². The summed E-state index contributed by atoms with van der Waals surface area (Å²) < 4.78 is 2.64. The summed E-state index contributed by atoms with van der Waals surface area (Å²) in [4.78, 5) is 8.36. The fraction of sp³-hybridized carbons (Fsp3) is 0.377. The summed E-state index contributed by atoms with van der Waals surface area (Å²) in [7, 11) is 0. The molecule has 4 heterocycles. The van der Waals surface area contributed by atoms with E-state index in [0.717, 1.165) is 19.3 Å². The van der Waals surface area contributed by atoms with Crippen LogP contribution in [0.2, 0.25) is 0 Å². The molecule has 0 N–H and O–H groups in total. The zero-order valence-electron chi connectivity index (χ0n) is 51.3. The SMILES string of the molecule is Cc1cc2c3c(c1)N1c4c(cc(C(C)(C)C)cc4C4(C)CCCCC14C)B3c1ccc(N(c3ccc4c(c3)C(C)(C)CCC4(C)C)c3cccc4sc5ccccc5c34)cc1N2c1cc2c(cc1-c1ccccc1)C(C)(C)CCC2(C)C. The molecule has 1 saturated carbocycles. The third kappa shape index (κ3) is 7.26. The Balaban J connectivity index is 1.08. The number of hydrogen-bond donors (Lipinski definition) is 0. The lowest BCUT2D eigenvalue weighted by atomic mass is 9.33. The highest BCUT2D eigenvalue weighted by Crippen LogP contribution is 2.63. The molecule has 0 bridgehead atoms. The standard InChI is InChI=1S/C77H82BN3S/c1-47-39-64-69-65(40-47)81-70-58(76(13)33-20-21-34-77(76,81)14)41-49(71(2,3)4)42-60(70)78(69)59-32-30-51(44-63(59)80(64)62-46-57-56(74(9,10)37-38-75(57,11)12)45-53(62)48-23-16-15-17-24-48)79(50-29-31-54-55(43-50)73(7,8)36-35-72(54,5)6)61-26-22-28-67-68(61)52-25-18-19-27-66(52)82-67/h15-19,22-32,39-46H,20-21,33-38H2,1-14H3. The highest BCUT2D eigenvalue weighted by molar-refractivity contribution is 7.26. The lowest BCUT2D eigenvalue weighted by Crippen LogP contribution is -2.64. The summed E-state index contributed by atoms with van der Waals surface area (Å²) in [5.74, 6) is 0. The molecule has 2 atom stereocenters. The average molecular weight is 1090 g/mol. The molecule has 3 aliphatic heterocycles. The second-order valence-electron chi connectivity index (χ2n) is 30.2. The van der Waals surface area contributed by atoms with Crippen LogP contribution in [-0.4, -0.2) is 12.3 Å². The molecule has 8 aromatic carbocycles. The van der Waals surface area contributed by atoms with Gasteiger partial charge in [0.1, 0.15) is 0 Å². The Kier molecular flexibility index (Phi) is 11.0. The summed E-state index contributed by atoms with van der Waals surface area (Å²) in [6.07, 6.45) is 9.54. The molecule has 3 aliphatic carbocycles. The molecular formula is C77H82BN3S. The normalized spacial score (nSPS) is 22.0. The van der Waals surface area contributed by atoms with Gasteiger partial charge in [-0.3, -0.25) is 0 Å². The van der Waals surface area contributed by atoms with Crippen LogP contribution in [-0.2, 0) is 32.5 Å². The molecule has 3 nitrogen and oxygen atoms in total. The van der Waals surface area contributed by atoms with Gasteiger partial charge >= 0.3 is 0 Å². The van der Waals surface area contributed by atoms with Gasteiger partial charge in [-0.15, -0.1) is 11.3 Å². The fourth-order valence-electron chi connectivity index (χ4n) is 17.0. The number of fused-ring (bicyclic) bond motifs is 12. The molecular weight excluding hydrogens is 1010 g/mol. The Bertz CT molecular complexity index is 4190. The topological polar surface area (TPSA) is 9.72 Å². The molecule has 5 heteroatoms. The highest BCUT2D eigenvalue weighted by atomic mass is 32.1. The van der Waals surface area contributed by atoms with Crippen molar-refractivity contribution in [2.24, 2.45) is 0 Å². The van der Waals surface area contributed by atoms with Gasteiger partial charge in [-0.1, -0.05) is 175 Å². The van der Waals surface area contributed by atoms with Crippen molar-refractivity contribution >= 4 is 100 Å². The number of aryl methyl sites for hydroxylation is 1. The monoisotopic (exact) mass is 1090 g/mol. The van der Waals surface area contributed by atoms with Crippen molar-refractivity contribution in [1.29, 1.82) is 0 Å². The van der Waals surface area contributed by atoms with E-state index in [1.165, 1.54) is 159 Å². The number of benzene rings is 8. The van der Waals surface area contributed by atoms with E-state index < -0.39 is 0 Å². The molecule has 1 aromatic heterocycles. The van der Waals surface area contributed by atoms with Gasteiger partial charge in [0.05, 0.1) is 16.9 Å². The number of anilines is 8. The fourth-order valence-corrected chi connectivity index (χ4v) is 18.1. The van der Waals surface area contributed by atoms with Crippen LogP contribution in [0.4, 0.5) is 45.5 Å². The van der Waals surface area contributed by atoms with Gasteiger partial charge in [-0.05, 0) is 207 Å². The van der Waals surface area contributed by atoms with Crippen molar-refractivity contribution in [3.8, 4) is 11.1 Å². The van der Waals surface area contributed by atoms with Crippen LogP contribution in [0, 0.1) is 6.92 Å². The van der Waals surface area contributed by atoms with Gasteiger partial charge in [-0.25, -0.2) is 0 Å². The number of hydrogen-bond acceptors (Lipinski definition) is 4. The van der Waals surface area contributed by atoms with Crippen LogP contribution < -0.4 is 31.1 Å². The highest BCUT2D eigenvalue weighted by Gasteiger charge is 2.62. The first-order valence-electron chi connectivity index (χ1n) is 31.1. The van der Waals surface area contributed by atoms with Gasteiger partial charge < -0.3 is 14.7 Å². The lowest BCUT2D eigenvalue weighted by molar-refractivity contribution is 0.195. The van der Waals surface area contributed by atoms with E-state index in [0.29, 0.717) is 0 Å². The Labute approximate surface area is 493 Å². The Morgan fingerprint density at radius 1 is 0.500 bits per heavy atom. The molecule has 82 heavy (non-hydrogen) atoms. The molecule has 0 saturated heterocycles. The van der Waals surface area contributed by atoms with E-state index in [-0.39, 0.29) is 44.7 Å². The average Bonchev–Trinajstić information content (AvgIpc) is 1.60. The molecule has 414 valence electrons. The maximum Gasteiger partial charge on any atom is 0.252 e. The first kappa shape index (κ1) is 52.3. The molecule has 6 aliphatic rings. The smallest absolute Gasteiger partial charge is 0.252 e. The summed E-state index contributed by atoms with van der Waals surface area (Å²) in [6.45, 7) is 34.8. The van der Waals surface area contributed by atoms with E-state index in [2.05, 4.69) is 257 Å². The van der Waals surface area contributed by atoms with E-state index in [1.54, 1.807) is 5.56 Å². The van der Waals surface area contributed by atoms with E-state index in [1.807, 2.05) is 11.3 Å². The summed E-state index contributed by atoms with van der Waals surface area (Å²) in [5.41, 5.74) is 27.5. The molecule has 1 fully saturated rings. The van der Waals surface area contributed by atoms with Crippen molar-refractivity contribution in [2.45, 2.75) is 186 Å². The summed E-state index contributed by atoms with van der Waals surface area (Å²) >= 11 is 1.91. The number of nitrogens with zero attached hydrogens (tertiary/aromatic N) is 3. The quantitative estimate of drug-likeness (QED) is 0.159. The van der Waals surface area contributed by atoms with Crippen molar-refractivity contribution in [3.05, 3.63) is 185 Å². The van der Waals surface area contributed by atoms with Crippen LogP contribution in [0.3, 0.4) is 0 Å². The van der Waals surface area contributed by atoms with Gasteiger partial charge in [0.25, 0.3) is 6.71 Å². The van der Waals surface area contributed by atoms with Crippen LogP contribution in [0.1, 0.15) is 180 Å². The molecule has 0 radical (unpaired) electrons. The summed E-state index contributed by atoms with van der Waals surface area (Å²) in [5, 5.41) is 2.63. The molecule has 9 aromatic rings. The largest absolute Gasteiger partial charge is 0.335 e. The van der Waals surface area contributed by atoms with E-state index in [9.17, 15) is 0 Å². The number of thiophene rings is 1. The van der Waals surface area contributed by atoms with Crippen molar-refractivity contribution in [3.63, 3.8) is 0 Å². The minimum Gasteiger partial charge on any atom is -0.335 e. The predicted molar refractivity (Wildman–Crippen MR) is 356 cm³/mol. The zero-order valence-corrected chi connectivity index (χ0v) is 52.2. The minimum atomic E-state index is -0.0804. The van der Waals surface area contributed by atoms with E-state index >= 15 is 0 Å². The second-order valence-corrected chi connectivity index (χ2v) is 31.3. The lowest BCUT2D eigenvalue weighted by Gasteiger charge is -2.53. The maximum atomic E-state index is 2.92. The molecule has 0 amide bonds. The van der Waals surface area contributed by atoms with Crippen molar-refractivity contribution in [2.75, 3.05) is 14.7 Å². The molecule has 2 unspecified atom stereocenters. The Morgan fingerprint density at radius 3 is 1.85 bits per heavy atom. The summed E-state index contributed by atoms with van der Waals surface area (Å²) in [6, 6.07) is 58.6. The third-order valence-electron chi connectivity index (χ3n) is 22.3. The van der Waals surface area contributed by atoms with Gasteiger partial charge in [-0.2, -0.15) is 0 Å². The number of rotatable bonds is 5. The molecule has 15 rings (SSSR count). The van der Waals surface area contributed by atoms with E-state index in [4.69, 9.17) is 0 Å². The van der Waals surface area contributed by atoms with Gasteiger partial charge in [0.15, 0.2) is 0 Å².